The molecule has 1 heterocycles. The molecule has 5 heteroatoms. The van der Waals surface area contributed by atoms with Gasteiger partial charge in [-0.2, -0.15) is 13.2 Å². The second kappa shape index (κ2) is 2.24. The first-order valence-electron chi connectivity index (χ1n) is 2.44. The Morgan fingerprint density at radius 2 is 1.90 bits per heavy atom. The van der Waals surface area contributed by atoms with E-state index >= 15 is 0 Å². The van der Waals surface area contributed by atoms with E-state index in [1.165, 1.54) is 6.20 Å². The van der Waals surface area contributed by atoms with E-state index in [-0.39, 0.29) is 0 Å². The van der Waals surface area contributed by atoms with Crippen LogP contribution in [0.25, 0.3) is 0 Å². The molecular weight excluding hydrogens is 145 g/mol. The lowest BCUT2D eigenvalue weighted by Gasteiger charge is -2.01. The maximum absolute atomic E-state index is 11.7. The summed E-state index contributed by atoms with van der Waals surface area (Å²) in [5.41, 5.74) is -0.963. The minimum absolute atomic E-state index is 0.681. The highest BCUT2D eigenvalue weighted by Gasteiger charge is 2.32. The van der Waals surface area contributed by atoms with Crippen molar-refractivity contribution in [3.05, 3.63) is 24.3 Å². The monoisotopic (exact) mass is 148 g/mol. The Kier molecular flexibility index (Phi) is 1.57. The first kappa shape index (κ1) is 6.98. The molecule has 0 radical (unpaired) electrons. The molecule has 0 aliphatic heterocycles. The van der Waals surface area contributed by atoms with Gasteiger partial charge in [-0.15, -0.1) is 0 Å². The zero-order chi connectivity index (χ0) is 7.61. The summed E-state index contributed by atoms with van der Waals surface area (Å²) in [7, 11) is 0. The van der Waals surface area contributed by atoms with Crippen molar-refractivity contribution < 1.29 is 13.2 Å². The Hall–Kier alpha value is -1.13. The van der Waals surface area contributed by atoms with E-state index in [4.69, 9.17) is 0 Å². The van der Waals surface area contributed by atoms with Crippen molar-refractivity contribution in [3.63, 3.8) is 0 Å². The maximum Gasteiger partial charge on any atom is 0.434 e. The Bertz CT molecular complexity index is 206. The van der Waals surface area contributed by atoms with Gasteiger partial charge in [0.25, 0.3) is 0 Å². The van der Waals surface area contributed by atoms with Gasteiger partial charge in [-0.3, -0.25) is 4.98 Å². The van der Waals surface area contributed by atoms with Gasteiger partial charge in [0.05, 0.1) is 6.20 Å². The van der Waals surface area contributed by atoms with Gasteiger partial charge in [-0.05, 0) is 0 Å². The van der Waals surface area contributed by atoms with Gasteiger partial charge in [0, 0.05) is 12.4 Å². The van der Waals surface area contributed by atoms with Crippen molar-refractivity contribution in [3.8, 4) is 0 Å². The summed E-state index contributed by atoms with van der Waals surface area (Å²) in [4.78, 5) is 6.33. The number of hydrogen-bond donors (Lipinski definition) is 0. The number of nitrogens with zero attached hydrogens (tertiary/aromatic N) is 2. The highest BCUT2D eigenvalue weighted by molar-refractivity contribution is 4.98. The van der Waals surface area contributed by atoms with Crippen LogP contribution >= 0.6 is 0 Å². The van der Waals surface area contributed by atoms with Crippen molar-refractivity contribution in [1.82, 2.24) is 9.97 Å². The minimum atomic E-state index is -4.38. The molecule has 0 N–H and O–H groups in total. The molecule has 0 unspecified atom stereocenters. The summed E-state index contributed by atoms with van der Waals surface area (Å²) in [6.07, 6.45) is -1.51. The predicted octanol–water partition coefficient (Wildman–Crippen LogP) is 1.50. The van der Waals surface area contributed by atoms with Crippen molar-refractivity contribution in [2.24, 2.45) is 0 Å². The molecule has 0 aromatic carbocycles. The van der Waals surface area contributed by atoms with Crippen LogP contribution in [-0.4, -0.2) is 9.97 Å². The molecule has 0 saturated carbocycles. The van der Waals surface area contributed by atoms with Gasteiger partial charge in [-0.1, -0.05) is 0 Å². The van der Waals surface area contributed by atoms with Crippen molar-refractivity contribution in [2.75, 3.05) is 0 Å². The lowest BCUT2D eigenvalue weighted by Crippen LogP contribution is -2.07. The quantitative estimate of drug-likeness (QED) is 0.557. The van der Waals surface area contributed by atoms with Crippen LogP contribution in [0.1, 0.15) is 5.69 Å². The van der Waals surface area contributed by atoms with Crippen LogP contribution in [0.5, 0.6) is 0 Å². The lowest BCUT2D eigenvalue weighted by atomic mass is 10.4. The molecule has 0 aliphatic rings. The normalized spacial score (nSPS) is 11.5. The smallest absolute Gasteiger partial charge is 0.261 e. The topological polar surface area (TPSA) is 25.8 Å². The summed E-state index contributed by atoms with van der Waals surface area (Å²) in [5, 5.41) is 0. The third-order valence-electron chi connectivity index (χ3n) is 0.854. The molecule has 0 atom stereocenters. The summed E-state index contributed by atoms with van der Waals surface area (Å²) in [6, 6.07) is 0. The van der Waals surface area contributed by atoms with Gasteiger partial charge in [0.2, 0.25) is 0 Å². The van der Waals surface area contributed by atoms with Crippen molar-refractivity contribution in [1.29, 1.82) is 0 Å². The average Bonchev–Trinajstić information content (AvgIpc) is 1.88. The second-order valence-corrected chi connectivity index (χ2v) is 1.59. The zero-order valence-corrected chi connectivity index (χ0v) is 4.76. The lowest BCUT2D eigenvalue weighted by molar-refractivity contribution is -0.141. The number of aromatic nitrogens is 2. The third-order valence-corrected chi connectivity index (χ3v) is 0.854. The van der Waals surface area contributed by atoms with E-state index in [0.717, 1.165) is 6.20 Å². The molecule has 0 spiro atoms. The number of alkyl halides is 3. The van der Waals surface area contributed by atoms with E-state index in [0.29, 0.717) is 6.20 Å². The molecule has 0 aliphatic carbocycles. The Morgan fingerprint density at radius 1 is 1.20 bits per heavy atom. The van der Waals surface area contributed by atoms with Crippen LogP contribution in [0.3, 0.4) is 0 Å². The van der Waals surface area contributed by atoms with Crippen LogP contribution in [0.2, 0.25) is 0 Å². The fourth-order valence-corrected chi connectivity index (χ4v) is 0.445. The van der Waals surface area contributed by atoms with E-state index < -0.39 is 11.9 Å². The molecule has 0 saturated heterocycles. The standard InChI is InChI=1S/C5H3F3N2/c6-5(7,8)4-3-9-1-2-10-4/h1-3H. The molecule has 2 nitrogen and oxygen atoms in total. The van der Waals surface area contributed by atoms with Crippen molar-refractivity contribution >= 4 is 0 Å². The molecule has 1 aromatic heterocycles. The largest absolute Gasteiger partial charge is 0.434 e. The van der Waals surface area contributed by atoms with Crippen LogP contribution in [0.15, 0.2) is 18.6 Å². The fourth-order valence-electron chi connectivity index (χ4n) is 0.445. The molecule has 1 rings (SSSR count). The molecular formula is C5H3F3N2. The summed E-state index contributed by atoms with van der Waals surface area (Å²) in [6.45, 7) is 0. The van der Waals surface area contributed by atoms with Crippen LogP contribution < -0.4 is 0 Å². The number of rotatable bonds is 0. The van der Waals surface area contributed by atoms with E-state index in [2.05, 4.69) is 9.97 Å². The minimum Gasteiger partial charge on any atom is -0.261 e. The Morgan fingerprint density at radius 3 is 2.20 bits per heavy atom. The highest BCUT2D eigenvalue weighted by Crippen LogP contribution is 2.25. The summed E-state index contributed by atoms with van der Waals surface area (Å²) < 4.78 is 35.1. The Labute approximate surface area is 54.7 Å². The van der Waals surface area contributed by atoms with Crippen LogP contribution in [0.4, 0.5) is 13.2 Å². The summed E-state index contributed by atoms with van der Waals surface area (Å²) >= 11 is 0. The average molecular weight is 148 g/mol. The molecule has 1 aromatic rings. The highest BCUT2D eigenvalue weighted by atomic mass is 19.4. The molecule has 0 amide bonds. The van der Waals surface area contributed by atoms with Crippen molar-refractivity contribution in [2.45, 2.75) is 6.18 Å². The third kappa shape index (κ3) is 1.43. The SMILES string of the molecule is FC(F)(F)c1cnccn1. The van der Waals surface area contributed by atoms with E-state index in [9.17, 15) is 13.2 Å². The van der Waals surface area contributed by atoms with Crippen LogP contribution in [0, 0.1) is 0 Å². The van der Waals surface area contributed by atoms with Gasteiger partial charge in [-0.25, -0.2) is 4.98 Å². The Balaban J connectivity index is 2.97. The zero-order valence-electron chi connectivity index (χ0n) is 4.76. The molecule has 54 valence electrons. The number of halogens is 3. The first-order valence-corrected chi connectivity index (χ1v) is 2.44. The molecule has 0 fully saturated rings. The van der Waals surface area contributed by atoms with Crippen LogP contribution in [-0.2, 0) is 6.18 Å². The van der Waals surface area contributed by atoms with Gasteiger partial charge < -0.3 is 0 Å². The second-order valence-electron chi connectivity index (χ2n) is 1.59. The maximum atomic E-state index is 11.7. The first-order chi connectivity index (χ1) is 4.61. The van der Waals surface area contributed by atoms with Gasteiger partial charge in [0.1, 0.15) is 0 Å². The summed E-state index contributed by atoms with van der Waals surface area (Å²) in [5.74, 6) is 0. The van der Waals surface area contributed by atoms with E-state index in [1.807, 2.05) is 0 Å². The fraction of sp³-hybridized carbons (Fsp3) is 0.200. The van der Waals surface area contributed by atoms with Gasteiger partial charge in [0.15, 0.2) is 5.69 Å². The van der Waals surface area contributed by atoms with Gasteiger partial charge >= 0.3 is 6.18 Å². The molecule has 0 bridgehead atoms. The molecule has 10 heavy (non-hydrogen) atoms. The predicted molar refractivity (Wildman–Crippen MR) is 27.0 cm³/mol. The van der Waals surface area contributed by atoms with E-state index in [1.54, 1.807) is 0 Å². The number of hydrogen-bond acceptors (Lipinski definition) is 2.